The third-order valence-corrected chi connectivity index (χ3v) is 6.71. The van der Waals surface area contributed by atoms with Gasteiger partial charge in [-0.05, 0) is 36.9 Å². The van der Waals surface area contributed by atoms with Gasteiger partial charge in [-0.1, -0.05) is 35.9 Å². The number of anilines is 3. The Morgan fingerprint density at radius 1 is 1.26 bits per heavy atom. The van der Waals surface area contributed by atoms with E-state index in [1.165, 1.54) is 35.4 Å². The molecule has 10 nitrogen and oxygen atoms in total. The van der Waals surface area contributed by atoms with Crippen molar-refractivity contribution >= 4 is 67.5 Å². The quantitative estimate of drug-likeness (QED) is 0.178. The first-order valence-corrected chi connectivity index (χ1v) is 12.7. The molecule has 0 saturated carbocycles. The van der Waals surface area contributed by atoms with E-state index in [-0.39, 0.29) is 10.7 Å². The van der Waals surface area contributed by atoms with Crippen LogP contribution in [0.1, 0.15) is 17.3 Å². The number of nitrogens with zero attached hydrogens (tertiary/aromatic N) is 4. The van der Waals surface area contributed by atoms with Gasteiger partial charge in [0, 0.05) is 24.2 Å². The van der Waals surface area contributed by atoms with Crippen LogP contribution in [0.5, 0.6) is 0 Å². The van der Waals surface area contributed by atoms with E-state index in [2.05, 4.69) is 26.0 Å². The molecule has 1 atom stereocenters. The number of aromatic nitrogens is 3. The smallest absolute Gasteiger partial charge is 0.285 e. The van der Waals surface area contributed by atoms with Crippen LogP contribution in [0.25, 0.3) is 10.9 Å². The van der Waals surface area contributed by atoms with Gasteiger partial charge in [0.05, 0.1) is 29.2 Å². The van der Waals surface area contributed by atoms with E-state index in [1.807, 2.05) is 6.92 Å². The first kappa shape index (κ1) is 25.0. The molecule has 2 aromatic heterocycles. The lowest BCUT2D eigenvalue weighted by Crippen LogP contribution is -2.32. The minimum Gasteiger partial charge on any atom is -0.383 e. The highest BCUT2D eigenvalue weighted by Gasteiger charge is 2.23. The summed E-state index contributed by atoms with van der Waals surface area (Å²) in [4.78, 5) is 18.4. The predicted octanol–water partition coefficient (Wildman–Crippen LogP) is 3.97. The van der Waals surface area contributed by atoms with Crippen LogP contribution in [0.3, 0.4) is 0 Å². The molecule has 35 heavy (non-hydrogen) atoms. The third-order valence-electron chi connectivity index (χ3n) is 4.89. The van der Waals surface area contributed by atoms with Crippen molar-refractivity contribution in [2.45, 2.75) is 6.92 Å². The topological polar surface area (TPSA) is 124 Å². The molecule has 1 unspecified atom stereocenters. The molecule has 2 heterocycles. The van der Waals surface area contributed by atoms with Crippen LogP contribution in [0.4, 0.5) is 20.9 Å². The van der Waals surface area contributed by atoms with Crippen LogP contribution >= 0.6 is 22.9 Å². The second-order valence-electron chi connectivity index (χ2n) is 7.15. The summed E-state index contributed by atoms with van der Waals surface area (Å²) in [7, 11) is 0. The van der Waals surface area contributed by atoms with E-state index in [0.717, 1.165) is 22.3 Å². The van der Waals surface area contributed by atoms with Gasteiger partial charge in [-0.2, -0.15) is 9.89 Å². The van der Waals surface area contributed by atoms with Gasteiger partial charge in [0.1, 0.15) is 10.2 Å². The fraction of sp³-hybridized carbons (Fsp3) is 0.190. The number of fused-ring (bicyclic) bond motifs is 1. The molecule has 0 saturated heterocycles. The number of amides is 1. The Bertz CT molecular complexity index is 1380. The maximum Gasteiger partial charge on any atom is 0.285 e. The Morgan fingerprint density at radius 3 is 2.80 bits per heavy atom. The summed E-state index contributed by atoms with van der Waals surface area (Å²) in [5.41, 5.74) is 1.50. The zero-order valence-electron chi connectivity index (χ0n) is 18.4. The van der Waals surface area contributed by atoms with Gasteiger partial charge in [0.15, 0.2) is 0 Å². The van der Waals surface area contributed by atoms with Crippen molar-refractivity contribution in [2.75, 3.05) is 34.7 Å². The summed E-state index contributed by atoms with van der Waals surface area (Å²) in [6.45, 7) is 3.94. The Hall–Kier alpha value is -3.10. The van der Waals surface area contributed by atoms with E-state index in [4.69, 9.17) is 11.6 Å². The minimum absolute atomic E-state index is 0.162. The maximum atomic E-state index is 13.8. The highest BCUT2D eigenvalue weighted by molar-refractivity contribution is 7.81. The molecule has 0 aliphatic carbocycles. The Labute approximate surface area is 211 Å². The molecule has 4 aromatic rings. The molecule has 0 spiro atoms. The fourth-order valence-corrected chi connectivity index (χ4v) is 4.90. The van der Waals surface area contributed by atoms with E-state index >= 15 is 0 Å². The fourth-order valence-electron chi connectivity index (χ4n) is 3.35. The van der Waals surface area contributed by atoms with Gasteiger partial charge in [-0.25, -0.2) is 13.6 Å². The van der Waals surface area contributed by atoms with Gasteiger partial charge in [-0.15, -0.1) is 4.41 Å². The molecule has 14 heteroatoms. The first-order chi connectivity index (χ1) is 16.9. The van der Waals surface area contributed by atoms with Crippen molar-refractivity contribution in [3.63, 3.8) is 0 Å². The summed E-state index contributed by atoms with van der Waals surface area (Å²) in [5, 5.41) is 14.0. The van der Waals surface area contributed by atoms with Crippen molar-refractivity contribution in [3.05, 3.63) is 64.5 Å². The molecule has 4 rings (SSSR count). The van der Waals surface area contributed by atoms with Crippen molar-refractivity contribution in [3.8, 4) is 0 Å². The largest absolute Gasteiger partial charge is 0.383 e. The molecule has 4 N–H and O–H groups in total. The molecule has 0 bridgehead atoms. The molecule has 0 aliphatic heterocycles. The van der Waals surface area contributed by atoms with E-state index in [0.29, 0.717) is 39.7 Å². The second-order valence-corrected chi connectivity index (χ2v) is 9.60. The standard InChI is InChI=1S/C21H21ClFN7O3S2/c1-2-24-8-9-25-17-10-13(23)6-7-14(17)20(31)28-16-4-3-5-18-15(16)11-27-29(18)30(35(32)33)21-26-12-19(22)34-21/h3-7,10-12,24-25H,2,8-9H2,1H3,(H,28,31)(H,32,33). The average molecular weight is 538 g/mol. The SMILES string of the molecule is CCNCCNc1cc(F)ccc1C(=O)Nc1cccc2c1cnn2N(c1ncc(Cl)s1)S(=O)O. The summed E-state index contributed by atoms with van der Waals surface area (Å²) < 4.78 is 37.1. The highest BCUT2D eigenvalue weighted by atomic mass is 35.5. The van der Waals surface area contributed by atoms with Crippen LogP contribution in [0, 0.1) is 5.82 Å². The number of rotatable bonds is 10. The first-order valence-electron chi connectivity index (χ1n) is 10.4. The van der Waals surface area contributed by atoms with Gasteiger partial charge < -0.3 is 16.0 Å². The number of hydrogen-bond acceptors (Lipinski definition) is 7. The number of likely N-dealkylation sites (N-methyl/N-ethyl adjacent to an activating group) is 1. The number of carbonyl (C=O) groups is 1. The molecule has 0 radical (unpaired) electrons. The number of nitrogens with one attached hydrogen (secondary N) is 3. The van der Waals surface area contributed by atoms with Crippen molar-refractivity contribution in [1.82, 2.24) is 20.2 Å². The van der Waals surface area contributed by atoms with Crippen LogP contribution < -0.4 is 20.4 Å². The van der Waals surface area contributed by atoms with E-state index in [9.17, 15) is 17.9 Å². The van der Waals surface area contributed by atoms with Crippen molar-refractivity contribution in [1.29, 1.82) is 0 Å². The van der Waals surface area contributed by atoms with Gasteiger partial charge in [0.25, 0.3) is 17.2 Å². The second kappa shape index (κ2) is 11.1. The molecule has 1 amide bonds. The van der Waals surface area contributed by atoms with Gasteiger partial charge >= 0.3 is 0 Å². The van der Waals surface area contributed by atoms with Crippen molar-refractivity contribution < 1.29 is 17.9 Å². The van der Waals surface area contributed by atoms with Crippen LogP contribution in [-0.4, -0.2) is 49.2 Å². The lowest BCUT2D eigenvalue weighted by molar-refractivity contribution is 0.102. The normalized spacial score (nSPS) is 12.0. The summed E-state index contributed by atoms with van der Waals surface area (Å²) in [6.07, 6.45) is 2.83. The summed E-state index contributed by atoms with van der Waals surface area (Å²) in [6, 6.07) is 8.92. The zero-order chi connectivity index (χ0) is 24.9. The summed E-state index contributed by atoms with van der Waals surface area (Å²) in [5.74, 6) is -0.916. The molecule has 0 aliphatic rings. The molecule has 184 valence electrons. The Kier molecular flexibility index (Phi) is 7.93. The third kappa shape index (κ3) is 5.60. The molecule has 0 fully saturated rings. The van der Waals surface area contributed by atoms with Crippen LogP contribution in [0.2, 0.25) is 4.34 Å². The van der Waals surface area contributed by atoms with E-state index in [1.54, 1.807) is 18.2 Å². The van der Waals surface area contributed by atoms with Crippen LogP contribution in [0.15, 0.2) is 48.8 Å². The zero-order valence-corrected chi connectivity index (χ0v) is 20.8. The van der Waals surface area contributed by atoms with Crippen molar-refractivity contribution in [2.24, 2.45) is 0 Å². The maximum absolute atomic E-state index is 13.8. The minimum atomic E-state index is -2.50. The predicted molar refractivity (Wildman–Crippen MR) is 137 cm³/mol. The Balaban J connectivity index is 1.63. The lowest BCUT2D eigenvalue weighted by atomic mass is 10.1. The number of carbonyl (C=O) groups excluding carboxylic acids is 1. The molecular formula is C21H21ClFN7O3S2. The number of benzene rings is 2. The molecule has 2 aromatic carbocycles. The number of hydrogen-bond donors (Lipinski definition) is 4. The summed E-state index contributed by atoms with van der Waals surface area (Å²) >= 11 is 4.45. The van der Waals surface area contributed by atoms with E-state index < -0.39 is 23.0 Å². The number of halogens is 2. The van der Waals surface area contributed by atoms with Crippen LogP contribution in [-0.2, 0) is 11.3 Å². The van der Waals surface area contributed by atoms with Gasteiger partial charge in [0.2, 0.25) is 5.13 Å². The Morgan fingerprint density at radius 2 is 2.09 bits per heavy atom. The van der Waals surface area contributed by atoms with Gasteiger partial charge in [-0.3, -0.25) is 9.35 Å². The number of thiazole rings is 1. The monoisotopic (exact) mass is 537 g/mol. The molecular weight excluding hydrogens is 517 g/mol. The highest BCUT2D eigenvalue weighted by Crippen LogP contribution is 2.31. The average Bonchev–Trinajstić information content (AvgIpc) is 3.44. The lowest BCUT2D eigenvalue weighted by Gasteiger charge is -2.17.